The van der Waals surface area contributed by atoms with Crippen molar-refractivity contribution < 1.29 is 4.79 Å². The molecule has 5 rings (SSSR count). The van der Waals surface area contributed by atoms with Gasteiger partial charge in [-0.05, 0) is 67.8 Å². The van der Waals surface area contributed by atoms with E-state index in [0.717, 1.165) is 43.1 Å². The molecule has 1 aromatic carbocycles. The Kier molecular flexibility index (Phi) is 5.83. The Bertz CT molecular complexity index is 961. The van der Waals surface area contributed by atoms with Crippen molar-refractivity contribution in [1.82, 2.24) is 14.8 Å². The van der Waals surface area contributed by atoms with Gasteiger partial charge in [0.1, 0.15) is 0 Å². The molecular weight excluding hydrogens is 382 g/mol. The number of nitrogens with zero attached hydrogens (tertiary/aromatic N) is 2. The number of benzene rings is 1. The second-order valence-electron chi connectivity index (χ2n) is 8.43. The summed E-state index contributed by atoms with van der Waals surface area (Å²) in [5.41, 5.74) is 2.46. The maximum atomic E-state index is 12.9. The average Bonchev–Trinajstić information content (AvgIpc) is 2.74. The van der Waals surface area contributed by atoms with Gasteiger partial charge in [-0.1, -0.05) is 19.9 Å². The lowest BCUT2D eigenvalue weighted by molar-refractivity contribution is 0.0620. The van der Waals surface area contributed by atoms with Crippen LogP contribution in [0.15, 0.2) is 46.2 Å². The van der Waals surface area contributed by atoms with Crippen molar-refractivity contribution in [1.29, 1.82) is 0 Å². The van der Waals surface area contributed by atoms with Crippen molar-refractivity contribution in [3.63, 3.8) is 0 Å². The molecule has 5 nitrogen and oxygen atoms in total. The first-order valence-corrected chi connectivity index (χ1v) is 11.6. The van der Waals surface area contributed by atoms with Gasteiger partial charge in [0.2, 0.25) is 0 Å². The Morgan fingerprint density at radius 2 is 1.93 bits per heavy atom. The van der Waals surface area contributed by atoms with Gasteiger partial charge in [-0.25, -0.2) is 0 Å². The van der Waals surface area contributed by atoms with Gasteiger partial charge in [0.15, 0.2) is 0 Å². The number of amides is 1. The first-order chi connectivity index (χ1) is 14.0. The summed E-state index contributed by atoms with van der Waals surface area (Å²) >= 11 is 1.62. The number of nitrogens with one attached hydrogen (secondary N) is 1. The first-order valence-electron chi connectivity index (χ1n) is 10.4. The van der Waals surface area contributed by atoms with Crippen LogP contribution in [0, 0.1) is 5.92 Å². The van der Waals surface area contributed by atoms with Gasteiger partial charge in [-0.15, -0.1) is 11.8 Å². The summed E-state index contributed by atoms with van der Waals surface area (Å²) in [6, 6.07) is 9.51. The summed E-state index contributed by atoms with van der Waals surface area (Å²) in [4.78, 5) is 29.0. The van der Waals surface area contributed by atoms with Crippen molar-refractivity contribution in [2.45, 2.75) is 43.5 Å². The maximum absolute atomic E-state index is 12.9. The highest BCUT2D eigenvalue weighted by atomic mass is 32.2. The summed E-state index contributed by atoms with van der Waals surface area (Å²) in [6.07, 6.45) is 6.01. The van der Waals surface area contributed by atoms with Crippen LogP contribution in [-0.4, -0.2) is 47.3 Å². The summed E-state index contributed by atoms with van der Waals surface area (Å²) in [5.74, 6) is 0.897. The smallest absolute Gasteiger partial charge is 0.255 e. The van der Waals surface area contributed by atoms with Gasteiger partial charge in [-0.2, -0.15) is 0 Å². The van der Waals surface area contributed by atoms with E-state index in [1.54, 1.807) is 28.6 Å². The van der Waals surface area contributed by atoms with Crippen LogP contribution in [0.25, 0.3) is 5.69 Å². The van der Waals surface area contributed by atoms with Crippen molar-refractivity contribution in [3.05, 3.63) is 58.0 Å². The Balaban J connectivity index is 1.61. The molecule has 3 aliphatic heterocycles. The van der Waals surface area contributed by atoms with E-state index in [0.29, 0.717) is 17.4 Å². The van der Waals surface area contributed by atoms with Gasteiger partial charge in [0.25, 0.3) is 11.5 Å². The van der Waals surface area contributed by atoms with E-state index >= 15 is 0 Å². The molecule has 0 radical (unpaired) electrons. The summed E-state index contributed by atoms with van der Waals surface area (Å²) in [7, 11) is 0. The highest BCUT2D eigenvalue weighted by Crippen LogP contribution is 2.29. The van der Waals surface area contributed by atoms with E-state index in [1.807, 2.05) is 12.3 Å². The van der Waals surface area contributed by atoms with Gasteiger partial charge >= 0.3 is 0 Å². The van der Waals surface area contributed by atoms with Crippen molar-refractivity contribution in [3.8, 4) is 5.69 Å². The molecule has 3 aliphatic rings. The van der Waals surface area contributed by atoms with Crippen LogP contribution in [0.1, 0.15) is 48.5 Å². The summed E-state index contributed by atoms with van der Waals surface area (Å²) in [6.45, 7) is 7.54. The standard InChI is InChI=1S/C23H29N3O2S/c1-15(2)17-4-6-20(21(12-17)29-3)26-13-18(5-7-22(26)27)23(28)24-19-14-25-10-8-16(19)9-11-25/h4-7,12-13,15-16,19H,8-11,14H2,1-3H3,(H,24,28). The number of carbonyl (C=O) groups excluding carboxylic acids is 1. The molecule has 0 aliphatic carbocycles. The number of fused-ring (bicyclic) bond motifs is 3. The number of hydrogen-bond acceptors (Lipinski definition) is 4. The number of rotatable bonds is 5. The number of piperidine rings is 3. The zero-order valence-corrected chi connectivity index (χ0v) is 18.2. The topological polar surface area (TPSA) is 54.3 Å². The van der Waals surface area contributed by atoms with Gasteiger partial charge in [0.05, 0.1) is 11.3 Å². The Morgan fingerprint density at radius 3 is 2.55 bits per heavy atom. The van der Waals surface area contributed by atoms with Crippen LogP contribution >= 0.6 is 11.8 Å². The van der Waals surface area contributed by atoms with Crippen molar-refractivity contribution >= 4 is 17.7 Å². The number of pyridine rings is 1. The molecule has 154 valence electrons. The van der Waals surface area contributed by atoms with E-state index in [1.165, 1.54) is 11.6 Å². The quantitative estimate of drug-likeness (QED) is 0.765. The third-order valence-electron chi connectivity index (χ3n) is 6.28. The molecule has 1 aromatic heterocycles. The third kappa shape index (κ3) is 4.14. The van der Waals surface area contributed by atoms with Crippen molar-refractivity contribution in [2.24, 2.45) is 5.92 Å². The summed E-state index contributed by atoms with van der Waals surface area (Å²) in [5, 5.41) is 3.22. The number of thioether (sulfide) groups is 1. The van der Waals surface area contributed by atoms with Crippen LogP contribution in [0.2, 0.25) is 0 Å². The zero-order valence-electron chi connectivity index (χ0n) is 17.4. The molecule has 3 fully saturated rings. The molecule has 29 heavy (non-hydrogen) atoms. The fraction of sp³-hybridized carbons (Fsp3) is 0.478. The lowest BCUT2D eigenvalue weighted by atomic mass is 9.84. The molecule has 0 saturated carbocycles. The average molecular weight is 412 g/mol. The first kappa shape index (κ1) is 20.2. The normalized spacial score (nSPS) is 23.4. The van der Waals surface area contributed by atoms with Gasteiger partial charge in [0, 0.05) is 29.7 Å². The van der Waals surface area contributed by atoms with Crippen LogP contribution in [0.3, 0.4) is 0 Å². The van der Waals surface area contributed by atoms with E-state index in [2.05, 4.69) is 36.2 Å². The molecule has 2 bridgehead atoms. The number of carbonyl (C=O) groups is 1. The minimum absolute atomic E-state index is 0.0954. The maximum Gasteiger partial charge on any atom is 0.255 e. The molecule has 3 saturated heterocycles. The van der Waals surface area contributed by atoms with Gasteiger partial charge < -0.3 is 10.2 Å². The molecule has 2 aromatic rings. The largest absolute Gasteiger partial charge is 0.348 e. The molecule has 1 amide bonds. The predicted octanol–water partition coefficient (Wildman–Crippen LogP) is 3.51. The van der Waals surface area contributed by atoms with E-state index in [4.69, 9.17) is 0 Å². The zero-order chi connectivity index (χ0) is 20.5. The number of hydrogen-bond donors (Lipinski definition) is 1. The monoisotopic (exact) mass is 411 g/mol. The fourth-order valence-electron chi connectivity index (χ4n) is 4.44. The Morgan fingerprint density at radius 1 is 1.17 bits per heavy atom. The van der Waals surface area contributed by atoms with E-state index in [-0.39, 0.29) is 17.5 Å². The number of aromatic nitrogens is 1. The van der Waals surface area contributed by atoms with Gasteiger partial charge in [-0.3, -0.25) is 14.2 Å². The highest BCUT2D eigenvalue weighted by Gasteiger charge is 2.35. The van der Waals surface area contributed by atoms with Crippen molar-refractivity contribution in [2.75, 3.05) is 25.9 Å². The predicted molar refractivity (Wildman–Crippen MR) is 118 cm³/mol. The molecule has 0 spiro atoms. The molecule has 4 heterocycles. The van der Waals surface area contributed by atoms with E-state index < -0.39 is 0 Å². The minimum atomic E-state index is -0.128. The Labute approximate surface area is 176 Å². The minimum Gasteiger partial charge on any atom is -0.348 e. The van der Waals surface area contributed by atoms with Crippen LogP contribution in [0.4, 0.5) is 0 Å². The highest BCUT2D eigenvalue weighted by molar-refractivity contribution is 7.98. The second kappa shape index (κ2) is 8.36. The van der Waals surface area contributed by atoms with Crippen LogP contribution < -0.4 is 10.9 Å². The SMILES string of the molecule is CSc1cc(C(C)C)ccc1-n1cc(C(=O)NC2CN3CCC2CC3)ccc1=O. The summed E-state index contributed by atoms with van der Waals surface area (Å²) < 4.78 is 1.60. The lowest BCUT2D eigenvalue weighted by Gasteiger charge is -2.44. The molecule has 1 atom stereocenters. The molecule has 6 heteroatoms. The van der Waals surface area contributed by atoms with Crippen LogP contribution in [-0.2, 0) is 0 Å². The fourth-order valence-corrected chi connectivity index (χ4v) is 5.07. The molecular formula is C23H29N3O2S. The lowest BCUT2D eigenvalue weighted by Crippen LogP contribution is -2.57. The molecule has 1 N–H and O–H groups in total. The van der Waals surface area contributed by atoms with Crippen LogP contribution in [0.5, 0.6) is 0 Å². The Hall–Kier alpha value is -2.05. The third-order valence-corrected chi connectivity index (χ3v) is 7.04. The molecule has 1 unspecified atom stereocenters. The second-order valence-corrected chi connectivity index (χ2v) is 9.28. The van der Waals surface area contributed by atoms with E-state index in [9.17, 15) is 9.59 Å².